The van der Waals surface area contributed by atoms with Crippen molar-refractivity contribution in [3.8, 4) is 11.3 Å². The van der Waals surface area contributed by atoms with E-state index in [4.69, 9.17) is 4.98 Å². The number of hydrogen-bond acceptors (Lipinski definition) is 3. The summed E-state index contributed by atoms with van der Waals surface area (Å²) < 4.78 is 1.99. The molecule has 0 amide bonds. The van der Waals surface area contributed by atoms with Gasteiger partial charge in [0.2, 0.25) is 0 Å². The third-order valence-corrected chi connectivity index (χ3v) is 8.78. The van der Waals surface area contributed by atoms with E-state index < -0.39 is 0 Å². The molecule has 2 aliphatic carbocycles. The van der Waals surface area contributed by atoms with E-state index in [9.17, 15) is 4.79 Å². The van der Waals surface area contributed by atoms with Crippen LogP contribution in [-0.4, -0.2) is 15.3 Å². The van der Waals surface area contributed by atoms with Gasteiger partial charge in [0.1, 0.15) is 0 Å². The number of nitrogens with zero attached hydrogens (tertiary/aromatic N) is 2. The molecule has 34 heavy (non-hydrogen) atoms. The number of aromatic nitrogens is 2. The van der Waals surface area contributed by atoms with Gasteiger partial charge in [-0.1, -0.05) is 105 Å². The van der Waals surface area contributed by atoms with Crippen LogP contribution in [0.25, 0.3) is 11.3 Å². The Balaban J connectivity index is 1.67. The monoisotopic (exact) mass is 472 g/mol. The molecule has 2 aromatic carbocycles. The van der Waals surface area contributed by atoms with Gasteiger partial charge in [0.25, 0.3) is 5.56 Å². The van der Waals surface area contributed by atoms with Gasteiger partial charge >= 0.3 is 0 Å². The van der Waals surface area contributed by atoms with Crippen LogP contribution >= 0.6 is 11.8 Å². The van der Waals surface area contributed by atoms with Gasteiger partial charge in [0.05, 0.1) is 17.8 Å². The lowest BCUT2D eigenvalue weighted by atomic mass is 9.62. The zero-order valence-corrected chi connectivity index (χ0v) is 21.4. The first-order valence-electron chi connectivity index (χ1n) is 13.0. The first-order valence-corrected chi connectivity index (χ1v) is 14.0. The first-order chi connectivity index (χ1) is 16.6. The number of hydrogen-bond donors (Lipinski definition) is 0. The van der Waals surface area contributed by atoms with Crippen LogP contribution in [0.4, 0.5) is 0 Å². The highest BCUT2D eigenvalue weighted by atomic mass is 32.2. The fourth-order valence-corrected chi connectivity index (χ4v) is 6.85. The summed E-state index contributed by atoms with van der Waals surface area (Å²) in [5.41, 5.74) is 7.03. The average Bonchev–Trinajstić information content (AvgIpc) is 2.85. The Morgan fingerprint density at radius 1 is 1.00 bits per heavy atom. The highest BCUT2D eigenvalue weighted by molar-refractivity contribution is 7.99. The third-order valence-electron chi connectivity index (χ3n) is 7.72. The highest BCUT2D eigenvalue weighted by Crippen LogP contribution is 2.48. The molecule has 1 heterocycles. The van der Waals surface area contributed by atoms with Crippen molar-refractivity contribution in [1.29, 1.82) is 0 Å². The molecule has 0 bridgehead atoms. The molecule has 0 atom stereocenters. The molecule has 178 valence electrons. The second-order valence-corrected chi connectivity index (χ2v) is 11.3. The van der Waals surface area contributed by atoms with E-state index >= 15 is 0 Å². The number of benzene rings is 2. The van der Waals surface area contributed by atoms with Crippen molar-refractivity contribution < 1.29 is 0 Å². The molecule has 5 rings (SSSR count). The van der Waals surface area contributed by atoms with Crippen molar-refractivity contribution in [3.05, 3.63) is 81.1 Å². The number of fused-ring (bicyclic) bond motifs is 4. The standard InChI is InChI=1S/C30H36N2OS/c1-3-4-10-19-34-29-31-27-25-12-7-6-11-24(25)20-30(17-8-5-9-18-30)26(27)28(33)32(29)21-23-15-13-22(2)14-16-23/h6-7,11-16H,3-5,8-10,17-21H2,1-2H3. The van der Waals surface area contributed by atoms with Crippen LogP contribution < -0.4 is 5.56 Å². The van der Waals surface area contributed by atoms with Gasteiger partial charge in [0, 0.05) is 16.7 Å². The van der Waals surface area contributed by atoms with E-state index in [1.54, 1.807) is 11.8 Å². The SMILES string of the molecule is CCCCCSc1nc2c(c(=O)n1Cc1ccc(C)cc1)C1(CCCCC1)Cc1ccccc1-2. The molecule has 3 nitrogen and oxygen atoms in total. The second kappa shape index (κ2) is 10.1. The van der Waals surface area contributed by atoms with E-state index in [2.05, 4.69) is 62.4 Å². The zero-order chi connectivity index (χ0) is 23.5. The van der Waals surface area contributed by atoms with Crippen LogP contribution in [0.2, 0.25) is 0 Å². The molecule has 4 heteroatoms. The quantitative estimate of drug-likeness (QED) is 0.205. The predicted octanol–water partition coefficient (Wildman–Crippen LogP) is 7.31. The van der Waals surface area contributed by atoms with Crippen LogP contribution in [0.5, 0.6) is 0 Å². The first kappa shape index (κ1) is 23.4. The van der Waals surface area contributed by atoms with Crippen LogP contribution in [0.3, 0.4) is 0 Å². The Kier molecular flexibility index (Phi) is 6.96. The maximum absolute atomic E-state index is 14.4. The Labute approximate surface area is 208 Å². The molecule has 0 unspecified atom stereocenters. The van der Waals surface area contributed by atoms with E-state index in [0.29, 0.717) is 6.54 Å². The van der Waals surface area contributed by atoms with Gasteiger partial charge < -0.3 is 0 Å². The zero-order valence-electron chi connectivity index (χ0n) is 20.6. The minimum atomic E-state index is -0.0630. The molecule has 1 aromatic heterocycles. The molecule has 0 aliphatic heterocycles. The topological polar surface area (TPSA) is 34.9 Å². The molecule has 2 aliphatic rings. The van der Waals surface area contributed by atoms with Gasteiger partial charge in [-0.3, -0.25) is 9.36 Å². The largest absolute Gasteiger partial charge is 0.283 e. The van der Waals surface area contributed by atoms with E-state index in [1.165, 1.54) is 54.4 Å². The van der Waals surface area contributed by atoms with Gasteiger partial charge in [-0.2, -0.15) is 0 Å². The molecule has 1 spiro atoms. The lowest BCUT2D eigenvalue weighted by Gasteiger charge is -2.42. The lowest BCUT2D eigenvalue weighted by Crippen LogP contribution is -2.43. The van der Waals surface area contributed by atoms with Crippen molar-refractivity contribution in [2.75, 3.05) is 5.75 Å². The summed E-state index contributed by atoms with van der Waals surface area (Å²) in [6.45, 7) is 4.93. The van der Waals surface area contributed by atoms with Crippen LogP contribution in [-0.2, 0) is 18.4 Å². The summed E-state index contributed by atoms with van der Waals surface area (Å²) in [7, 11) is 0. The molecule has 1 fully saturated rings. The summed E-state index contributed by atoms with van der Waals surface area (Å²) in [5, 5.41) is 0.878. The maximum atomic E-state index is 14.4. The van der Waals surface area contributed by atoms with Crippen LogP contribution in [0.1, 0.15) is 80.5 Å². The van der Waals surface area contributed by atoms with Crippen LogP contribution in [0, 0.1) is 6.92 Å². The minimum absolute atomic E-state index is 0.0630. The minimum Gasteiger partial charge on any atom is -0.283 e. The summed E-state index contributed by atoms with van der Waals surface area (Å²) in [6.07, 6.45) is 10.4. The summed E-state index contributed by atoms with van der Waals surface area (Å²) in [4.78, 5) is 19.7. The lowest BCUT2D eigenvalue weighted by molar-refractivity contribution is 0.282. The Bertz CT molecular complexity index is 1210. The van der Waals surface area contributed by atoms with E-state index in [0.717, 1.165) is 47.8 Å². The molecule has 3 aromatic rings. The predicted molar refractivity (Wildman–Crippen MR) is 143 cm³/mol. The summed E-state index contributed by atoms with van der Waals surface area (Å²) >= 11 is 1.76. The van der Waals surface area contributed by atoms with Crippen molar-refractivity contribution in [3.63, 3.8) is 0 Å². The molecule has 0 saturated heterocycles. The van der Waals surface area contributed by atoms with Gasteiger partial charge in [-0.25, -0.2) is 4.98 Å². The maximum Gasteiger partial charge on any atom is 0.258 e. The average molecular weight is 473 g/mol. The Hall–Kier alpha value is -2.33. The van der Waals surface area contributed by atoms with Crippen molar-refractivity contribution >= 4 is 11.8 Å². The highest BCUT2D eigenvalue weighted by Gasteiger charge is 2.43. The van der Waals surface area contributed by atoms with Gasteiger partial charge in [-0.05, 0) is 43.7 Å². The summed E-state index contributed by atoms with van der Waals surface area (Å²) in [5.74, 6) is 1.000. The number of unbranched alkanes of at least 4 members (excludes halogenated alkanes) is 2. The molecule has 0 radical (unpaired) electrons. The fourth-order valence-electron chi connectivity index (χ4n) is 5.86. The molecule has 0 N–H and O–H groups in total. The molecule has 1 saturated carbocycles. The van der Waals surface area contributed by atoms with Gasteiger partial charge in [0.15, 0.2) is 5.16 Å². The smallest absolute Gasteiger partial charge is 0.258 e. The van der Waals surface area contributed by atoms with E-state index in [1.807, 2.05) is 4.57 Å². The Morgan fingerprint density at radius 2 is 1.76 bits per heavy atom. The third kappa shape index (κ3) is 4.49. The van der Waals surface area contributed by atoms with Crippen molar-refractivity contribution in [1.82, 2.24) is 9.55 Å². The number of aryl methyl sites for hydroxylation is 1. The number of rotatable bonds is 7. The molecular weight excluding hydrogens is 436 g/mol. The number of thioether (sulfide) groups is 1. The Morgan fingerprint density at radius 3 is 2.53 bits per heavy atom. The van der Waals surface area contributed by atoms with Crippen molar-refractivity contribution in [2.24, 2.45) is 0 Å². The second-order valence-electron chi connectivity index (χ2n) is 10.2. The van der Waals surface area contributed by atoms with Gasteiger partial charge in [-0.15, -0.1) is 0 Å². The normalized spacial score (nSPS) is 16.3. The van der Waals surface area contributed by atoms with E-state index in [-0.39, 0.29) is 11.0 Å². The summed E-state index contributed by atoms with van der Waals surface area (Å²) in [6, 6.07) is 17.2. The van der Waals surface area contributed by atoms with Crippen molar-refractivity contribution in [2.45, 2.75) is 88.8 Å². The van der Waals surface area contributed by atoms with Crippen LogP contribution in [0.15, 0.2) is 58.5 Å². The molecular formula is C30H36N2OS. The fraction of sp³-hybridized carbons (Fsp3) is 0.467.